The Kier molecular flexibility index (Phi) is 11.1. The summed E-state index contributed by atoms with van der Waals surface area (Å²) >= 11 is 0. The molecule has 52 heavy (non-hydrogen) atoms. The second kappa shape index (κ2) is 16.0. The van der Waals surface area contributed by atoms with Gasteiger partial charge in [-0.1, -0.05) is 68.4 Å². The molecule has 5 aromatic rings. The van der Waals surface area contributed by atoms with E-state index in [-0.39, 0.29) is 28.6 Å². The fraction of sp³-hybridized carbons (Fsp3) is 0.231. The predicted molar refractivity (Wildman–Crippen MR) is 198 cm³/mol. The molecular formula is C39H39N5O7S. The number of unbranched alkanes of at least 4 members (excludes halogenated alkanes) is 1. The van der Waals surface area contributed by atoms with Crippen molar-refractivity contribution in [1.29, 1.82) is 0 Å². The Morgan fingerprint density at radius 1 is 0.923 bits per heavy atom. The molecule has 0 fully saturated rings. The lowest BCUT2D eigenvalue weighted by Gasteiger charge is -2.25. The average Bonchev–Trinajstić information content (AvgIpc) is 3.62. The summed E-state index contributed by atoms with van der Waals surface area (Å²) in [5.41, 5.74) is 6.89. The Bertz CT molecular complexity index is 2160. The molecule has 0 unspecified atom stereocenters. The van der Waals surface area contributed by atoms with Gasteiger partial charge in [-0.3, -0.25) is 14.8 Å². The van der Waals surface area contributed by atoms with Crippen LogP contribution in [-0.2, 0) is 10.1 Å². The van der Waals surface area contributed by atoms with Crippen LogP contribution in [0, 0.1) is 5.41 Å². The standard InChI is InChI=1S/C39H39N5O7S/c1-39(2,25-41-38(45)30-15-17-36(40-23-30)44-42-24-29-12-6-7-13-35(29)52(46,47)48)18-8-9-19-49-37-22-31(20-32(43-37)27-10-4-3-5-11-27)28-14-16-33-34(21-28)51-26-50-33/h3-7,10-17,20-24H,8-9,18-19,25-26H2,1-2H3,(H,40,44)(H,41,45)(H,46,47,48). The lowest BCUT2D eigenvalue weighted by Crippen LogP contribution is -2.34. The van der Waals surface area contributed by atoms with E-state index >= 15 is 0 Å². The lowest BCUT2D eigenvalue weighted by molar-refractivity contribution is 0.0933. The zero-order chi connectivity index (χ0) is 36.6. The first kappa shape index (κ1) is 36.0. The molecule has 0 spiro atoms. The highest BCUT2D eigenvalue weighted by atomic mass is 32.2. The minimum atomic E-state index is -4.39. The largest absolute Gasteiger partial charge is 0.478 e. The highest BCUT2D eigenvalue weighted by molar-refractivity contribution is 7.86. The van der Waals surface area contributed by atoms with Gasteiger partial charge in [0.05, 0.1) is 24.1 Å². The smallest absolute Gasteiger partial charge is 0.295 e. The number of ether oxygens (including phenoxy) is 3. The van der Waals surface area contributed by atoms with Gasteiger partial charge in [-0.25, -0.2) is 9.97 Å². The fourth-order valence-corrected chi connectivity index (χ4v) is 6.22. The van der Waals surface area contributed by atoms with Crippen LogP contribution >= 0.6 is 0 Å². The van der Waals surface area contributed by atoms with E-state index in [9.17, 15) is 17.8 Å². The van der Waals surface area contributed by atoms with E-state index in [1.807, 2.05) is 60.7 Å². The van der Waals surface area contributed by atoms with Crippen LogP contribution in [0.2, 0.25) is 0 Å². The number of carbonyl (C=O) groups is 1. The van der Waals surface area contributed by atoms with Gasteiger partial charge in [0, 0.05) is 29.9 Å². The van der Waals surface area contributed by atoms with Crippen molar-refractivity contribution in [1.82, 2.24) is 15.3 Å². The number of carbonyl (C=O) groups excluding carboxylic acids is 1. The molecule has 268 valence electrons. The van der Waals surface area contributed by atoms with Gasteiger partial charge < -0.3 is 19.5 Å². The predicted octanol–water partition coefficient (Wildman–Crippen LogP) is 7.24. The topological polar surface area (TPSA) is 161 Å². The van der Waals surface area contributed by atoms with Gasteiger partial charge in [0.2, 0.25) is 12.7 Å². The van der Waals surface area contributed by atoms with Gasteiger partial charge in [0.15, 0.2) is 11.5 Å². The minimum Gasteiger partial charge on any atom is -0.478 e. The van der Waals surface area contributed by atoms with Gasteiger partial charge in [-0.05, 0) is 72.2 Å². The van der Waals surface area contributed by atoms with Crippen LogP contribution in [0.4, 0.5) is 5.82 Å². The fourth-order valence-electron chi connectivity index (χ4n) is 5.56. The Morgan fingerprint density at radius 2 is 1.71 bits per heavy atom. The summed E-state index contributed by atoms with van der Waals surface area (Å²) in [6.45, 7) is 5.41. The van der Waals surface area contributed by atoms with Crippen molar-refractivity contribution in [3.63, 3.8) is 0 Å². The van der Waals surface area contributed by atoms with E-state index in [1.54, 1.807) is 18.2 Å². The molecule has 3 N–H and O–H groups in total. The van der Waals surface area contributed by atoms with Gasteiger partial charge in [0.25, 0.3) is 16.0 Å². The first-order valence-corrected chi connectivity index (χ1v) is 18.2. The SMILES string of the molecule is CC(C)(CCCCOc1cc(-c2ccc3c(c2)OCO3)cc(-c2ccccc2)n1)CNC(=O)c1ccc(NN=Cc2ccccc2S(=O)(=O)O)nc1. The molecule has 0 saturated carbocycles. The van der Waals surface area contributed by atoms with Crippen LogP contribution in [0.1, 0.15) is 49.0 Å². The number of benzene rings is 3. The molecule has 0 atom stereocenters. The van der Waals surface area contributed by atoms with E-state index in [2.05, 4.69) is 34.7 Å². The maximum atomic E-state index is 12.9. The van der Waals surface area contributed by atoms with Crippen LogP contribution in [-0.4, -0.2) is 55.0 Å². The second-order valence-electron chi connectivity index (χ2n) is 13.0. The van der Waals surface area contributed by atoms with Gasteiger partial charge in [-0.2, -0.15) is 13.5 Å². The normalized spacial score (nSPS) is 12.5. The van der Waals surface area contributed by atoms with Gasteiger partial charge >= 0.3 is 0 Å². The second-order valence-corrected chi connectivity index (χ2v) is 14.4. The van der Waals surface area contributed by atoms with Crippen molar-refractivity contribution in [3.05, 3.63) is 114 Å². The van der Waals surface area contributed by atoms with Crippen LogP contribution in [0.15, 0.2) is 113 Å². The molecule has 0 aliphatic carbocycles. The summed E-state index contributed by atoms with van der Waals surface area (Å²) in [7, 11) is -4.39. The highest BCUT2D eigenvalue weighted by Crippen LogP contribution is 2.37. The number of hydrogen-bond donors (Lipinski definition) is 3. The number of hydrazone groups is 1. The summed E-state index contributed by atoms with van der Waals surface area (Å²) in [5, 5.41) is 7.00. The molecule has 1 aliphatic rings. The third-order valence-corrected chi connectivity index (χ3v) is 9.34. The minimum absolute atomic E-state index is 0.157. The number of amides is 1. The summed E-state index contributed by atoms with van der Waals surface area (Å²) < 4.78 is 49.8. The Morgan fingerprint density at radius 3 is 2.50 bits per heavy atom. The van der Waals surface area contributed by atoms with E-state index in [0.29, 0.717) is 36.2 Å². The molecule has 3 heterocycles. The molecule has 1 amide bonds. The Balaban J connectivity index is 0.973. The van der Waals surface area contributed by atoms with E-state index in [4.69, 9.17) is 19.2 Å². The maximum Gasteiger partial charge on any atom is 0.295 e. The molecule has 0 bridgehead atoms. The van der Waals surface area contributed by atoms with Crippen LogP contribution in [0.3, 0.4) is 0 Å². The monoisotopic (exact) mass is 721 g/mol. The summed E-state index contributed by atoms with van der Waals surface area (Å²) in [4.78, 5) is 21.6. The van der Waals surface area contributed by atoms with Gasteiger partial charge in [0.1, 0.15) is 10.7 Å². The zero-order valence-electron chi connectivity index (χ0n) is 28.8. The summed E-state index contributed by atoms with van der Waals surface area (Å²) in [6.07, 6.45) is 5.28. The van der Waals surface area contributed by atoms with Crippen molar-refractivity contribution in [2.24, 2.45) is 10.5 Å². The maximum absolute atomic E-state index is 12.9. The quantitative estimate of drug-likeness (QED) is 0.0435. The molecule has 2 aromatic heterocycles. The Labute approximate surface area is 302 Å². The first-order chi connectivity index (χ1) is 25.0. The zero-order valence-corrected chi connectivity index (χ0v) is 29.6. The third-order valence-electron chi connectivity index (χ3n) is 8.41. The van der Waals surface area contributed by atoms with Crippen molar-refractivity contribution in [3.8, 4) is 39.8 Å². The first-order valence-electron chi connectivity index (χ1n) is 16.7. The number of pyridine rings is 2. The number of nitrogens with one attached hydrogen (secondary N) is 2. The number of hydrogen-bond acceptors (Lipinski definition) is 10. The van der Waals surface area contributed by atoms with E-state index < -0.39 is 10.1 Å². The Hall–Kier alpha value is -5.79. The number of rotatable bonds is 15. The van der Waals surface area contributed by atoms with Crippen molar-refractivity contribution >= 4 is 28.1 Å². The van der Waals surface area contributed by atoms with Crippen molar-refractivity contribution < 1.29 is 32.0 Å². The molecule has 0 saturated heterocycles. The molecular weight excluding hydrogens is 683 g/mol. The third kappa shape index (κ3) is 9.50. The van der Waals surface area contributed by atoms with Crippen LogP contribution < -0.4 is 25.0 Å². The lowest BCUT2D eigenvalue weighted by atomic mass is 9.87. The summed E-state index contributed by atoms with van der Waals surface area (Å²) in [5.74, 6) is 2.10. The molecule has 12 nitrogen and oxygen atoms in total. The summed E-state index contributed by atoms with van der Waals surface area (Å²) in [6, 6.07) is 29.0. The number of nitrogens with zero attached hydrogens (tertiary/aromatic N) is 3. The average molecular weight is 722 g/mol. The number of anilines is 1. The number of fused-ring (bicyclic) bond motifs is 1. The van der Waals surface area contributed by atoms with Gasteiger partial charge in [-0.15, -0.1) is 0 Å². The van der Waals surface area contributed by atoms with Crippen LogP contribution in [0.25, 0.3) is 22.4 Å². The molecule has 1 aliphatic heterocycles. The van der Waals surface area contributed by atoms with Crippen LogP contribution in [0.5, 0.6) is 17.4 Å². The molecule has 3 aromatic carbocycles. The van der Waals surface area contributed by atoms with Crippen molar-refractivity contribution in [2.75, 3.05) is 25.4 Å². The van der Waals surface area contributed by atoms with E-state index in [0.717, 1.165) is 47.4 Å². The highest BCUT2D eigenvalue weighted by Gasteiger charge is 2.20. The van der Waals surface area contributed by atoms with E-state index in [1.165, 1.54) is 30.6 Å². The molecule has 0 radical (unpaired) electrons. The number of aromatic nitrogens is 2. The van der Waals surface area contributed by atoms with Crippen molar-refractivity contribution in [2.45, 2.75) is 38.0 Å². The molecule has 6 rings (SSSR count). The molecule has 13 heteroatoms.